The van der Waals surface area contributed by atoms with Gasteiger partial charge in [0.25, 0.3) is 0 Å². The molecule has 0 atom stereocenters. The minimum absolute atomic E-state index is 0.169. The first-order chi connectivity index (χ1) is 56.6. The molecule has 1 aliphatic heterocycles. The first kappa shape index (κ1) is 84.9. The Morgan fingerprint density at radius 1 is 0.330 bits per heavy atom. The van der Waals surface area contributed by atoms with E-state index in [2.05, 4.69) is 93.6 Å². The Labute approximate surface area is 687 Å². The van der Waals surface area contributed by atoms with Crippen LogP contribution in [0.3, 0.4) is 0 Å². The van der Waals surface area contributed by atoms with Crippen LogP contribution in [-0.2, 0) is 26.3 Å². The molecule has 0 aliphatic carbocycles. The number of unbranched alkanes of at least 4 members (excludes halogenated alkanes) is 36. The maximum atomic E-state index is 13.8. The number of aromatic nitrogens is 6. The van der Waals surface area contributed by atoms with Crippen LogP contribution in [0, 0.1) is 0 Å². The maximum Gasteiger partial charge on any atom is 0.486 e. The second kappa shape index (κ2) is 45.7. The molecule has 4 heterocycles. The molecular formula is C102H129BN6O6. The number of fused-ring (bicyclic) bond motifs is 15. The van der Waals surface area contributed by atoms with Crippen molar-refractivity contribution in [2.24, 2.45) is 7.05 Å². The van der Waals surface area contributed by atoms with E-state index < -0.39 is 7.05 Å². The molecule has 0 radical (unpaired) electrons. The molecule has 13 heteroatoms. The Hall–Kier alpha value is -9.49. The van der Waals surface area contributed by atoms with Crippen molar-refractivity contribution in [3.8, 4) is 68.8 Å². The van der Waals surface area contributed by atoms with E-state index in [1.165, 1.54) is 254 Å². The number of hydrogen-bond donors (Lipinski definition) is 1. The second-order valence-electron chi connectivity index (χ2n) is 32.8. The fraction of sp³-hybridized carbons (Fsp3) is 0.461. The van der Waals surface area contributed by atoms with Gasteiger partial charge in [-0.2, -0.15) is 0 Å². The number of ketones is 1. The molecule has 0 saturated carbocycles. The number of nitrogens with zero attached hydrogens (tertiary/aromatic N) is 6. The number of aryl methyl sites for hydroxylation is 4. The van der Waals surface area contributed by atoms with Crippen molar-refractivity contribution in [2.45, 2.75) is 297 Å². The number of ether oxygens (including phenoxy) is 3. The van der Waals surface area contributed by atoms with Crippen LogP contribution in [0.5, 0.6) is 46.0 Å². The topological polar surface area (TPSA) is 136 Å². The zero-order valence-electron chi connectivity index (χ0n) is 70.2. The summed E-state index contributed by atoms with van der Waals surface area (Å²) in [5.74, 6) is 5.01. The first-order valence-electron chi connectivity index (χ1n) is 45.1. The van der Waals surface area contributed by atoms with Crippen molar-refractivity contribution in [3.05, 3.63) is 204 Å². The maximum absolute atomic E-state index is 13.8. The van der Waals surface area contributed by atoms with Crippen molar-refractivity contribution in [2.75, 3.05) is 0 Å². The molecule has 0 saturated heterocycles. The van der Waals surface area contributed by atoms with E-state index in [0.717, 1.165) is 88.4 Å². The molecule has 8 aromatic carbocycles. The smallest absolute Gasteiger partial charge is 0.486 e. The number of rotatable bonds is 53. The number of benzene rings is 8. The van der Waals surface area contributed by atoms with Crippen LogP contribution in [-0.4, -0.2) is 46.9 Å². The summed E-state index contributed by atoms with van der Waals surface area (Å²) >= 11 is 0. The zero-order chi connectivity index (χ0) is 79.6. The molecule has 12 nitrogen and oxygen atoms in total. The molecule has 0 fully saturated rings. The Morgan fingerprint density at radius 3 is 1.13 bits per heavy atom. The molecule has 3 aromatic heterocycles. The fourth-order valence-corrected chi connectivity index (χ4v) is 16.8. The normalized spacial score (nSPS) is 11.7. The number of hydrogen-bond acceptors (Lipinski definition) is 10. The van der Waals surface area contributed by atoms with Crippen molar-refractivity contribution in [1.29, 1.82) is 0 Å². The summed E-state index contributed by atoms with van der Waals surface area (Å²) in [6.07, 6.45) is 54.7. The molecule has 115 heavy (non-hydrogen) atoms. The van der Waals surface area contributed by atoms with Gasteiger partial charge in [0.15, 0.2) is 17.4 Å². The Balaban J connectivity index is 0.867. The van der Waals surface area contributed by atoms with Crippen molar-refractivity contribution >= 4 is 57.0 Å². The van der Waals surface area contributed by atoms with Crippen LogP contribution in [0.1, 0.15) is 304 Å². The standard InChI is InChI=1S/C102H129BN6O6/c1-6-9-12-15-18-21-24-27-30-33-36-39-43-51-77-54-48-59-81(70-77)112-84-62-66-88-92(73-84)98-104-97(88)106-102-94-75-86(114-83-61-50-56-79(72-83)53-45-41-38-35-32-29-26-23-20-17-14-11-8-3)64-68-90(94)101(109(102)103(4)115-87-65-69-91(95(110)76-87)96(111)80-57-46-42-47-58-80)107-99-89-67-63-85(74-93(89)100(105-98)108(99)5)113-82-60-49-55-78(71-82)52-44-40-37-34-31-28-25-22-19-16-13-10-7-2/h42,46-50,54-76,110H,6-41,43-45,51-53H2,1-5H3. The van der Waals surface area contributed by atoms with Gasteiger partial charge in [-0.25, -0.2) is 19.9 Å². The van der Waals surface area contributed by atoms with Crippen LogP contribution >= 0.6 is 0 Å². The number of carbonyl (C=O) groups excluding carboxylic acids is 1. The Kier molecular flexibility index (Phi) is 33.8. The predicted octanol–water partition coefficient (Wildman–Crippen LogP) is 30.1. The molecule has 11 aromatic rings. The van der Waals surface area contributed by atoms with Crippen molar-refractivity contribution < 1.29 is 28.8 Å². The van der Waals surface area contributed by atoms with Gasteiger partial charge in [0.05, 0.1) is 5.56 Å². The van der Waals surface area contributed by atoms with Crippen LogP contribution in [0.25, 0.3) is 66.9 Å². The largest absolute Gasteiger partial charge is 0.541 e. The molecule has 1 aliphatic rings. The molecule has 0 spiro atoms. The Bertz CT molecular complexity index is 4930. The third-order valence-electron chi connectivity index (χ3n) is 23.4. The van der Waals surface area contributed by atoms with Crippen LogP contribution in [0.4, 0.5) is 0 Å². The lowest BCUT2D eigenvalue weighted by atomic mass is 9.86. The highest BCUT2D eigenvalue weighted by molar-refractivity contribution is 6.52. The minimum Gasteiger partial charge on any atom is -0.541 e. The minimum atomic E-state index is -0.828. The number of carbonyl (C=O) groups is 1. The third kappa shape index (κ3) is 25.0. The van der Waals surface area contributed by atoms with E-state index in [1.54, 1.807) is 24.3 Å². The van der Waals surface area contributed by atoms with Gasteiger partial charge >= 0.3 is 7.05 Å². The summed E-state index contributed by atoms with van der Waals surface area (Å²) in [6.45, 7) is 8.82. The van der Waals surface area contributed by atoms with Gasteiger partial charge < -0.3 is 33.0 Å². The third-order valence-corrected chi connectivity index (χ3v) is 23.4. The van der Waals surface area contributed by atoms with E-state index in [-0.39, 0.29) is 17.1 Å². The van der Waals surface area contributed by atoms with Crippen LogP contribution in [0.15, 0.2) is 176 Å². The highest BCUT2D eigenvalue weighted by Crippen LogP contribution is 2.42. The summed E-state index contributed by atoms with van der Waals surface area (Å²) in [7, 11) is 1.18. The van der Waals surface area contributed by atoms with Crippen LogP contribution < -0.4 is 18.9 Å². The first-order valence-corrected chi connectivity index (χ1v) is 45.1. The zero-order valence-corrected chi connectivity index (χ0v) is 70.2. The highest BCUT2D eigenvalue weighted by Gasteiger charge is 2.29. The van der Waals surface area contributed by atoms with Gasteiger partial charge in [-0.3, -0.25) is 4.79 Å². The quantitative estimate of drug-likeness (QED) is 0.0223. The van der Waals surface area contributed by atoms with E-state index in [4.69, 9.17) is 38.8 Å². The Morgan fingerprint density at radius 2 is 0.687 bits per heavy atom. The molecule has 1 N–H and O–H groups in total. The van der Waals surface area contributed by atoms with Crippen LogP contribution in [0.2, 0.25) is 6.82 Å². The molecule has 12 rings (SSSR count). The summed E-state index contributed by atoms with van der Waals surface area (Å²) in [5.41, 5.74) is 8.30. The molecule has 606 valence electrons. The number of phenolic OH excluding ortho intramolecular Hbond substituents is 1. The number of phenols is 1. The molecular weight excluding hydrogens is 1420 g/mol. The second-order valence-corrected chi connectivity index (χ2v) is 32.8. The van der Waals surface area contributed by atoms with Gasteiger partial charge in [-0.1, -0.05) is 319 Å². The van der Waals surface area contributed by atoms with E-state index in [1.807, 2.05) is 95.7 Å². The summed E-state index contributed by atoms with van der Waals surface area (Å²) in [4.78, 5) is 36.3. The lowest BCUT2D eigenvalue weighted by Gasteiger charge is -2.15. The van der Waals surface area contributed by atoms with E-state index in [0.29, 0.717) is 62.8 Å². The highest BCUT2D eigenvalue weighted by atomic mass is 16.5. The lowest BCUT2D eigenvalue weighted by Crippen LogP contribution is -2.28. The monoisotopic (exact) mass is 1550 g/mol. The predicted molar refractivity (Wildman–Crippen MR) is 480 cm³/mol. The summed E-state index contributed by atoms with van der Waals surface area (Å²) in [6, 6.07) is 57.8. The van der Waals surface area contributed by atoms with Crippen molar-refractivity contribution in [1.82, 2.24) is 29.0 Å². The van der Waals surface area contributed by atoms with Gasteiger partial charge in [-0.05, 0) is 165 Å². The van der Waals surface area contributed by atoms with E-state index >= 15 is 0 Å². The van der Waals surface area contributed by atoms with E-state index in [9.17, 15) is 9.90 Å². The van der Waals surface area contributed by atoms with Gasteiger partial charge in [0.1, 0.15) is 68.6 Å². The average Bonchev–Trinajstić information content (AvgIpc) is 1.57. The molecule has 0 amide bonds. The van der Waals surface area contributed by atoms with Gasteiger partial charge in [0, 0.05) is 51.3 Å². The SMILES string of the molecule is CCCCCCCCCCCCCCCc1cccc(Oc2ccc3c(c2)-c2nc-3nc3c4cc(Oc5cccc(CCCCCCCCCCCCCCC)c5)ccc4c(nc4c5ccc(Oc6cccc(CCCCCCCCCCCCCCC)c6)cc5c(n2)n4C)n3B(C)Oc2ccc(C(=O)c3ccccc3)c(O)c2)c1. The summed E-state index contributed by atoms with van der Waals surface area (Å²) < 4.78 is 31.7. The molecule has 0 unspecified atom stereocenters. The average molecular weight is 1550 g/mol. The summed E-state index contributed by atoms with van der Waals surface area (Å²) in [5, 5.41) is 14.9. The fourth-order valence-electron chi connectivity index (χ4n) is 16.8. The van der Waals surface area contributed by atoms with Crippen molar-refractivity contribution in [3.63, 3.8) is 0 Å². The van der Waals surface area contributed by atoms with Gasteiger partial charge in [0.2, 0.25) is 0 Å². The molecule has 6 bridgehead atoms. The lowest BCUT2D eigenvalue weighted by molar-refractivity contribution is 0.103. The number of aromatic hydroxyl groups is 1. The van der Waals surface area contributed by atoms with Gasteiger partial charge in [-0.15, -0.1) is 0 Å².